The molecule has 1 fully saturated rings. The van der Waals surface area contributed by atoms with Gasteiger partial charge in [0.2, 0.25) is 0 Å². The van der Waals surface area contributed by atoms with E-state index in [0.29, 0.717) is 29.8 Å². The average molecular weight is 524 g/mol. The molecule has 1 saturated heterocycles. The number of rotatable bonds is 4. The smallest absolute Gasteiger partial charge is 0.410 e. The molecular weight excluding hydrogens is 476 g/mol. The van der Waals surface area contributed by atoms with E-state index in [4.69, 9.17) is 4.74 Å². The van der Waals surface area contributed by atoms with Gasteiger partial charge in [-0.2, -0.15) is 0 Å². The van der Waals surface area contributed by atoms with E-state index >= 15 is 0 Å². The first-order chi connectivity index (χ1) is 17.1. The van der Waals surface area contributed by atoms with Crippen molar-refractivity contribution < 1.29 is 18.3 Å². The van der Waals surface area contributed by atoms with Gasteiger partial charge in [0.25, 0.3) is 0 Å². The maximum atomic E-state index is 14.0. The van der Waals surface area contributed by atoms with Crippen molar-refractivity contribution >= 4 is 17.9 Å². The third kappa shape index (κ3) is 11.3. The second-order valence-electron chi connectivity index (χ2n) is 8.78. The number of likely N-dealkylation sites (tertiary alicyclic amines) is 1. The van der Waals surface area contributed by atoms with Crippen LogP contribution in [0.2, 0.25) is 0 Å². The van der Waals surface area contributed by atoms with Crippen LogP contribution in [0.5, 0.6) is 0 Å². The lowest BCUT2D eigenvalue weighted by Gasteiger charge is -2.35. The fourth-order valence-corrected chi connectivity index (χ4v) is 4.81. The van der Waals surface area contributed by atoms with E-state index in [9.17, 15) is 13.6 Å². The Bertz CT molecular complexity index is 874. The highest BCUT2D eigenvalue weighted by Crippen LogP contribution is 2.35. The lowest BCUT2D eigenvalue weighted by Crippen LogP contribution is -2.43. The van der Waals surface area contributed by atoms with Gasteiger partial charge in [-0.3, -0.25) is 0 Å². The van der Waals surface area contributed by atoms with Crippen molar-refractivity contribution in [2.24, 2.45) is 5.92 Å². The van der Waals surface area contributed by atoms with Gasteiger partial charge in [-0.1, -0.05) is 60.6 Å². The molecule has 0 spiro atoms. The predicted molar refractivity (Wildman–Crippen MR) is 152 cm³/mol. The monoisotopic (exact) mass is 523 g/mol. The number of carbonyl (C=O) groups excluding carboxylic acids is 1. The maximum Gasteiger partial charge on any atom is 0.410 e. The Morgan fingerprint density at radius 3 is 1.94 bits per heavy atom. The van der Waals surface area contributed by atoms with Gasteiger partial charge < -0.3 is 9.64 Å². The van der Waals surface area contributed by atoms with Crippen LogP contribution in [0.4, 0.5) is 13.6 Å². The van der Waals surface area contributed by atoms with Crippen molar-refractivity contribution in [2.75, 3.05) is 13.1 Å². The Morgan fingerprint density at radius 1 is 0.944 bits per heavy atom. The zero-order valence-corrected chi connectivity index (χ0v) is 24.8. The molecule has 0 radical (unpaired) electrons. The summed E-state index contributed by atoms with van der Waals surface area (Å²) in [5.41, 5.74) is 0.658. The molecule has 0 aliphatic carbocycles. The molecule has 1 aliphatic heterocycles. The predicted octanol–water partition coefficient (Wildman–Crippen LogP) is 9.84. The Balaban J connectivity index is 0.00000190. The average Bonchev–Trinajstić information content (AvgIpc) is 2.87. The van der Waals surface area contributed by atoms with Crippen LogP contribution in [0.3, 0.4) is 0 Å². The molecule has 1 atom stereocenters. The molecule has 0 aromatic heterocycles. The van der Waals surface area contributed by atoms with Gasteiger partial charge in [0.1, 0.15) is 17.2 Å². The number of benzene rings is 2. The lowest BCUT2D eigenvalue weighted by atomic mass is 9.94. The van der Waals surface area contributed by atoms with Gasteiger partial charge >= 0.3 is 6.09 Å². The summed E-state index contributed by atoms with van der Waals surface area (Å²) in [6.45, 7) is 21.3. The lowest BCUT2D eigenvalue weighted by molar-refractivity contribution is 0.0184. The van der Waals surface area contributed by atoms with Crippen LogP contribution in [-0.4, -0.2) is 34.9 Å². The van der Waals surface area contributed by atoms with Crippen LogP contribution in [0, 0.1) is 17.6 Å². The molecule has 1 unspecified atom stereocenters. The number of halogens is 2. The summed E-state index contributed by atoms with van der Waals surface area (Å²) in [5.74, 6) is -0.613. The van der Waals surface area contributed by atoms with Crippen molar-refractivity contribution in [1.29, 1.82) is 0 Å². The summed E-state index contributed by atoms with van der Waals surface area (Å²) in [7, 11) is 0. The summed E-state index contributed by atoms with van der Waals surface area (Å²) in [6.07, 6.45) is 1.67. The fraction of sp³-hybridized carbons (Fsp3) is 0.567. The quantitative estimate of drug-likeness (QED) is 0.373. The molecule has 3 nitrogen and oxygen atoms in total. The van der Waals surface area contributed by atoms with E-state index in [-0.39, 0.29) is 6.09 Å². The van der Waals surface area contributed by atoms with E-state index in [1.807, 2.05) is 86.6 Å². The summed E-state index contributed by atoms with van der Waals surface area (Å²) >= 11 is 1.79. The van der Waals surface area contributed by atoms with Gasteiger partial charge in [0.05, 0.1) is 0 Å². The zero-order chi connectivity index (χ0) is 27.9. The van der Waals surface area contributed by atoms with Crippen LogP contribution in [0.15, 0.2) is 47.4 Å². The van der Waals surface area contributed by atoms with Crippen molar-refractivity contribution in [2.45, 2.75) is 97.8 Å². The number of nitrogens with zero attached hydrogens (tertiary/aromatic N) is 1. The molecule has 0 N–H and O–H groups in total. The van der Waals surface area contributed by atoms with Gasteiger partial charge in [0.15, 0.2) is 0 Å². The standard InChI is InChI=1S/C24H29F2NO2S.3C2H6/c1-16(17-11-13-27(14-12-17)23(28)29-24(2,3)4)30-20-8-5-18(6-9-20)21-10-7-19(25)15-22(21)26;3*1-2/h5-10,15-17H,11-14H2,1-4H3;3*1-2H3. The van der Waals surface area contributed by atoms with Crippen molar-refractivity contribution in [3.8, 4) is 11.1 Å². The van der Waals surface area contributed by atoms with Crippen molar-refractivity contribution in [3.63, 3.8) is 0 Å². The highest BCUT2D eigenvalue weighted by atomic mass is 32.2. The van der Waals surface area contributed by atoms with Crippen molar-refractivity contribution in [1.82, 2.24) is 4.90 Å². The van der Waals surface area contributed by atoms with Crippen LogP contribution < -0.4 is 0 Å². The molecular formula is C30H47F2NO2S. The molecule has 204 valence electrons. The molecule has 1 aliphatic rings. The number of hydrogen-bond donors (Lipinski definition) is 0. The first-order valence-electron chi connectivity index (χ1n) is 13.3. The molecule has 1 heterocycles. The van der Waals surface area contributed by atoms with E-state index in [0.717, 1.165) is 29.4 Å². The summed E-state index contributed by atoms with van der Waals surface area (Å²) in [4.78, 5) is 15.1. The number of piperidine rings is 1. The molecule has 2 aromatic rings. The minimum Gasteiger partial charge on any atom is -0.444 e. The third-order valence-electron chi connectivity index (χ3n) is 5.27. The van der Waals surface area contributed by atoms with Crippen LogP contribution in [0.25, 0.3) is 11.1 Å². The molecule has 6 heteroatoms. The maximum absolute atomic E-state index is 14.0. The SMILES string of the molecule is CC.CC.CC.CC(Sc1ccc(-c2ccc(F)cc2F)cc1)C1CCN(C(=O)OC(C)(C)C)CC1. The van der Waals surface area contributed by atoms with E-state index in [1.165, 1.54) is 12.1 Å². The molecule has 1 amide bonds. The Hall–Kier alpha value is -2.08. The minimum absolute atomic E-state index is 0.232. The van der Waals surface area contributed by atoms with E-state index in [2.05, 4.69) is 6.92 Å². The molecule has 0 saturated carbocycles. The summed E-state index contributed by atoms with van der Waals surface area (Å²) in [5, 5.41) is 0.402. The first kappa shape index (κ1) is 33.9. The molecule has 36 heavy (non-hydrogen) atoms. The van der Waals surface area contributed by atoms with Gasteiger partial charge in [0, 0.05) is 34.9 Å². The van der Waals surface area contributed by atoms with Crippen molar-refractivity contribution in [3.05, 3.63) is 54.1 Å². The normalized spacial score (nSPS) is 14.2. The highest BCUT2D eigenvalue weighted by molar-refractivity contribution is 8.00. The Kier molecular flexibility index (Phi) is 16.4. The highest BCUT2D eigenvalue weighted by Gasteiger charge is 2.29. The minimum atomic E-state index is -0.574. The molecule has 2 aromatic carbocycles. The van der Waals surface area contributed by atoms with Crippen LogP contribution >= 0.6 is 11.8 Å². The van der Waals surface area contributed by atoms with E-state index < -0.39 is 17.2 Å². The first-order valence-corrected chi connectivity index (χ1v) is 14.2. The number of ether oxygens (including phenoxy) is 1. The van der Waals surface area contributed by atoms with Gasteiger partial charge in [-0.25, -0.2) is 13.6 Å². The Morgan fingerprint density at radius 2 is 1.47 bits per heavy atom. The second-order valence-corrected chi connectivity index (χ2v) is 10.2. The zero-order valence-electron chi connectivity index (χ0n) is 24.0. The van der Waals surface area contributed by atoms with Crippen LogP contribution in [-0.2, 0) is 4.74 Å². The second kappa shape index (κ2) is 17.4. The summed E-state index contributed by atoms with van der Waals surface area (Å²) < 4.78 is 32.6. The van der Waals surface area contributed by atoms with E-state index in [1.54, 1.807) is 16.7 Å². The Labute approximate surface area is 223 Å². The largest absolute Gasteiger partial charge is 0.444 e. The summed E-state index contributed by atoms with van der Waals surface area (Å²) in [6, 6.07) is 11.3. The topological polar surface area (TPSA) is 29.5 Å². The number of amides is 1. The molecule has 0 bridgehead atoms. The van der Waals surface area contributed by atoms with Gasteiger partial charge in [-0.05, 0) is 69.4 Å². The van der Waals surface area contributed by atoms with Crippen LogP contribution in [0.1, 0.15) is 82.1 Å². The van der Waals surface area contributed by atoms with Gasteiger partial charge in [-0.15, -0.1) is 11.8 Å². The number of hydrogen-bond acceptors (Lipinski definition) is 3. The number of thioether (sulfide) groups is 1. The fourth-order valence-electron chi connectivity index (χ4n) is 3.63. The number of carbonyl (C=O) groups is 1. The molecule has 3 rings (SSSR count). The third-order valence-corrected chi connectivity index (χ3v) is 6.57.